The first-order chi connectivity index (χ1) is 12.2. The van der Waals surface area contributed by atoms with Crippen LogP contribution in [0.1, 0.15) is 45.6 Å². The van der Waals surface area contributed by atoms with E-state index < -0.39 is 17.7 Å². The molecule has 2 rings (SSSR count). The van der Waals surface area contributed by atoms with Gasteiger partial charge in [-0.1, -0.05) is 12.1 Å². The van der Waals surface area contributed by atoms with Gasteiger partial charge in [-0.25, -0.2) is 4.79 Å². The Labute approximate surface area is 156 Å². The highest BCUT2D eigenvalue weighted by Crippen LogP contribution is 2.22. The molecule has 1 aliphatic heterocycles. The third-order valence-corrected chi connectivity index (χ3v) is 4.37. The van der Waals surface area contributed by atoms with Crippen LogP contribution < -0.4 is 4.74 Å². The van der Waals surface area contributed by atoms with Gasteiger partial charge in [-0.15, -0.1) is 0 Å². The SMILES string of the molecule is COc1ccc(CN(C)C(=O)[C@@H]2CCCCN2C(=O)OC(C)(C)C)cc1. The second-order valence-corrected chi connectivity index (χ2v) is 7.73. The molecule has 0 unspecified atom stereocenters. The highest BCUT2D eigenvalue weighted by atomic mass is 16.6. The Balaban J connectivity index is 2.04. The Morgan fingerprint density at radius 1 is 1.19 bits per heavy atom. The smallest absolute Gasteiger partial charge is 0.410 e. The first-order valence-corrected chi connectivity index (χ1v) is 9.09. The number of piperidine rings is 1. The van der Waals surface area contributed by atoms with Gasteiger partial charge in [-0.05, 0) is 57.7 Å². The van der Waals surface area contributed by atoms with E-state index >= 15 is 0 Å². The molecule has 0 bridgehead atoms. The van der Waals surface area contributed by atoms with Gasteiger partial charge >= 0.3 is 6.09 Å². The topological polar surface area (TPSA) is 59.1 Å². The van der Waals surface area contributed by atoms with Crippen LogP contribution in [-0.4, -0.2) is 54.1 Å². The van der Waals surface area contributed by atoms with Crippen LogP contribution in [0.5, 0.6) is 5.75 Å². The number of nitrogens with zero attached hydrogens (tertiary/aromatic N) is 2. The summed E-state index contributed by atoms with van der Waals surface area (Å²) in [6.07, 6.45) is 2.09. The average Bonchev–Trinajstić information content (AvgIpc) is 2.60. The molecule has 6 nitrogen and oxygen atoms in total. The highest BCUT2D eigenvalue weighted by molar-refractivity contribution is 5.85. The zero-order chi connectivity index (χ0) is 19.3. The predicted octanol–water partition coefficient (Wildman–Crippen LogP) is 3.44. The average molecular weight is 362 g/mol. The summed E-state index contributed by atoms with van der Waals surface area (Å²) < 4.78 is 10.6. The normalized spacial score (nSPS) is 17.6. The lowest BCUT2D eigenvalue weighted by atomic mass is 10.0. The minimum atomic E-state index is -0.572. The minimum Gasteiger partial charge on any atom is -0.497 e. The lowest BCUT2D eigenvalue weighted by molar-refractivity contribution is -0.137. The number of likely N-dealkylation sites (N-methyl/N-ethyl adjacent to an activating group) is 1. The number of amides is 2. The number of hydrogen-bond acceptors (Lipinski definition) is 4. The summed E-state index contributed by atoms with van der Waals surface area (Å²) in [5.41, 5.74) is 0.443. The number of carbonyl (C=O) groups is 2. The second kappa shape index (κ2) is 8.43. The first kappa shape index (κ1) is 20.1. The Morgan fingerprint density at radius 2 is 1.85 bits per heavy atom. The van der Waals surface area contributed by atoms with E-state index in [1.54, 1.807) is 24.0 Å². The van der Waals surface area contributed by atoms with E-state index in [0.717, 1.165) is 24.2 Å². The van der Waals surface area contributed by atoms with Crippen LogP contribution >= 0.6 is 0 Å². The van der Waals surface area contributed by atoms with Gasteiger partial charge in [0, 0.05) is 20.1 Å². The number of ether oxygens (including phenoxy) is 2. The van der Waals surface area contributed by atoms with Gasteiger partial charge in [0.2, 0.25) is 5.91 Å². The summed E-state index contributed by atoms with van der Waals surface area (Å²) in [6, 6.07) is 7.18. The van der Waals surface area contributed by atoms with E-state index in [1.807, 2.05) is 45.0 Å². The van der Waals surface area contributed by atoms with Gasteiger partial charge in [-0.3, -0.25) is 9.69 Å². The molecule has 1 aromatic rings. The van der Waals surface area contributed by atoms with Gasteiger partial charge in [0.1, 0.15) is 17.4 Å². The molecule has 0 saturated carbocycles. The van der Waals surface area contributed by atoms with Gasteiger partial charge in [0.15, 0.2) is 0 Å². The van der Waals surface area contributed by atoms with Crippen LogP contribution in [0.3, 0.4) is 0 Å². The van der Waals surface area contributed by atoms with Crippen LogP contribution in [0, 0.1) is 0 Å². The number of likely N-dealkylation sites (tertiary alicyclic amines) is 1. The van der Waals surface area contributed by atoms with E-state index in [1.165, 1.54) is 0 Å². The summed E-state index contributed by atoms with van der Waals surface area (Å²) >= 11 is 0. The van der Waals surface area contributed by atoms with Crippen molar-refractivity contribution in [2.24, 2.45) is 0 Å². The van der Waals surface area contributed by atoms with Crippen LogP contribution in [0.4, 0.5) is 4.79 Å². The number of hydrogen-bond donors (Lipinski definition) is 0. The van der Waals surface area contributed by atoms with Crippen LogP contribution in [0.25, 0.3) is 0 Å². The Hall–Kier alpha value is -2.24. The molecule has 144 valence electrons. The fourth-order valence-corrected chi connectivity index (χ4v) is 3.06. The summed E-state index contributed by atoms with van der Waals surface area (Å²) in [7, 11) is 3.40. The van der Waals surface area contributed by atoms with Gasteiger partial charge < -0.3 is 14.4 Å². The maximum absolute atomic E-state index is 13.0. The predicted molar refractivity (Wildman–Crippen MR) is 100 cm³/mol. The van der Waals surface area contributed by atoms with E-state index in [4.69, 9.17) is 9.47 Å². The van der Waals surface area contributed by atoms with Crippen molar-refractivity contribution in [2.45, 2.75) is 58.2 Å². The molecule has 1 aromatic carbocycles. The molecule has 0 N–H and O–H groups in total. The molecular formula is C20H30N2O4. The second-order valence-electron chi connectivity index (χ2n) is 7.73. The van der Waals surface area contributed by atoms with Crippen molar-refractivity contribution in [3.8, 4) is 5.75 Å². The summed E-state index contributed by atoms with van der Waals surface area (Å²) in [6.45, 7) is 6.55. The quantitative estimate of drug-likeness (QED) is 0.823. The number of rotatable bonds is 4. The van der Waals surface area contributed by atoms with Crippen molar-refractivity contribution < 1.29 is 19.1 Å². The summed E-state index contributed by atoms with van der Waals surface area (Å²) in [4.78, 5) is 28.7. The highest BCUT2D eigenvalue weighted by Gasteiger charge is 2.36. The summed E-state index contributed by atoms with van der Waals surface area (Å²) in [5, 5.41) is 0. The van der Waals surface area contributed by atoms with Crippen LogP contribution in [0.2, 0.25) is 0 Å². The minimum absolute atomic E-state index is 0.0497. The van der Waals surface area contributed by atoms with Gasteiger partial charge in [0.25, 0.3) is 0 Å². The third kappa shape index (κ3) is 5.38. The van der Waals surface area contributed by atoms with Crippen molar-refractivity contribution in [3.05, 3.63) is 29.8 Å². The van der Waals surface area contributed by atoms with E-state index in [9.17, 15) is 9.59 Å². The maximum Gasteiger partial charge on any atom is 0.410 e. The molecule has 0 spiro atoms. The fraction of sp³-hybridized carbons (Fsp3) is 0.600. The Bertz CT molecular complexity index is 622. The van der Waals surface area contributed by atoms with Crippen molar-refractivity contribution in [1.82, 2.24) is 9.80 Å². The largest absolute Gasteiger partial charge is 0.497 e. The molecular weight excluding hydrogens is 332 g/mol. The van der Waals surface area contributed by atoms with Gasteiger partial charge in [-0.2, -0.15) is 0 Å². The third-order valence-electron chi connectivity index (χ3n) is 4.37. The Kier molecular flexibility index (Phi) is 6.51. The molecule has 0 aromatic heterocycles. The molecule has 1 heterocycles. The molecule has 1 aliphatic rings. The molecule has 1 atom stereocenters. The molecule has 1 fully saturated rings. The number of carbonyl (C=O) groups excluding carboxylic acids is 2. The molecule has 1 saturated heterocycles. The molecule has 0 aliphatic carbocycles. The standard InChI is InChI=1S/C20H30N2O4/c1-20(2,3)26-19(24)22-13-7-6-8-17(22)18(23)21(4)14-15-9-11-16(25-5)12-10-15/h9-12,17H,6-8,13-14H2,1-5H3/t17-/m0/s1. The molecule has 2 amide bonds. The fourth-order valence-electron chi connectivity index (χ4n) is 3.06. The number of methoxy groups -OCH3 is 1. The van der Waals surface area contributed by atoms with Gasteiger partial charge in [0.05, 0.1) is 7.11 Å². The van der Waals surface area contributed by atoms with Crippen molar-refractivity contribution in [1.29, 1.82) is 0 Å². The summed E-state index contributed by atoms with van der Waals surface area (Å²) in [5.74, 6) is 0.734. The first-order valence-electron chi connectivity index (χ1n) is 9.09. The lowest BCUT2D eigenvalue weighted by Gasteiger charge is -2.37. The molecule has 0 radical (unpaired) electrons. The zero-order valence-corrected chi connectivity index (χ0v) is 16.4. The van der Waals surface area contributed by atoms with E-state index in [-0.39, 0.29) is 5.91 Å². The van der Waals surface area contributed by atoms with Crippen LogP contribution in [0.15, 0.2) is 24.3 Å². The maximum atomic E-state index is 13.0. The lowest BCUT2D eigenvalue weighted by Crippen LogP contribution is -2.53. The van der Waals surface area contributed by atoms with E-state index in [0.29, 0.717) is 19.5 Å². The van der Waals surface area contributed by atoms with Crippen molar-refractivity contribution in [3.63, 3.8) is 0 Å². The van der Waals surface area contributed by atoms with Crippen molar-refractivity contribution >= 4 is 12.0 Å². The number of benzene rings is 1. The zero-order valence-electron chi connectivity index (χ0n) is 16.4. The van der Waals surface area contributed by atoms with Crippen molar-refractivity contribution in [2.75, 3.05) is 20.7 Å². The monoisotopic (exact) mass is 362 g/mol. The van der Waals surface area contributed by atoms with E-state index in [2.05, 4.69) is 0 Å². The Morgan fingerprint density at radius 3 is 2.42 bits per heavy atom. The molecule has 26 heavy (non-hydrogen) atoms. The molecule has 6 heteroatoms. The van der Waals surface area contributed by atoms with Crippen LogP contribution in [-0.2, 0) is 16.1 Å².